The fourth-order valence-electron chi connectivity index (χ4n) is 1.09. The normalized spacial score (nSPS) is 10.6. The monoisotopic (exact) mass is 262 g/mol. The van der Waals surface area contributed by atoms with E-state index in [2.05, 4.69) is 10.1 Å². The van der Waals surface area contributed by atoms with Gasteiger partial charge in [0.15, 0.2) is 0 Å². The first-order valence-corrected chi connectivity index (χ1v) is 5.33. The highest BCUT2D eigenvalue weighted by Gasteiger charge is 2.11. The molecule has 1 aromatic heterocycles. The summed E-state index contributed by atoms with van der Waals surface area (Å²) in [6.07, 6.45) is 0. The van der Waals surface area contributed by atoms with Crippen molar-refractivity contribution in [1.82, 2.24) is 10.1 Å². The van der Waals surface area contributed by atoms with E-state index in [9.17, 15) is 0 Å². The smallest absolute Gasteiger partial charge is 0.241 e. The third kappa shape index (κ3) is 2.25. The van der Waals surface area contributed by atoms with Gasteiger partial charge in [-0.1, -0.05) is 28.4 Å². The summed E-state index contributed by atoms with van der Waals surface area (Å²) < 4.78 is 4.87. The van der Waals surface area contributed by atoms with Crippen LogP contribution in [0, 0.1) is 0 Å². The zero-order chi connectivity index (χ0) is 10.8. The molecule has 2 aromatic rings. The van der Waals surface area contributed by atoms with Gasteiger partial charge in [0.25, 0.3) is 0 Å². The minimum atomic E-state index is 0.179. The fraction of sp³-hybridized carbons (Fsp3) is 0.111. The van der Waals surface area contributed by atoms with Crippen molar-refractivity contribution in [1.29, 1.82) is 0 Å². The number of hydrogen-bond donors (Lipinski definition) is 0. The second kappa shape index (κ2) is 4.39. The van der Waals surface area contributed by atoms with Crippen molar-refractivity contribution in [2.45, 2.75) is 5.88 Å². The molecule has 0 aliphatic heterocycles. The average Bonchev–Trinajstić information content (AvgIpc) is 2.66. The van der Waals surface area contributed by atoms with Gasteiger partial charge in [0.05, 0.1) is 5.02 Å². The standard InChI is InChI=1S/C9H5Cl3N2O/c10-4-8-13-9(14-15-8)6-2-1-5(11)3-7(6)12/h1-3H,4H2. The summed E-state index contributed by atoms with van der Waals surface area (Å²) >= 11 is 17.3. The number of aromatic nitrogens is 2. The zero-order valence-corrected chi connectivity index (χ0v) is 9.64. The van der Waals surface area contributed by atoms with Crippen LogP contribution in [0.5, 0.6) is 0 Å². The third-order valence-electron chi connectivity index (χ3n) is 1.75. The maximum absolute atomic E-state index is 5.98. The van der Waals surface area contributed by atoms with Crippen LogP contribution < -0.4 is 0 Å². The number of rotatable bonds is 2. The van der Waals surface area contributed by atoms with Crippen LogP contribution in [0.1, 0.15) is 5.89 Å². The van der Waals surface area contributed by atoms with Crippen LogP contribution in [0.3, 0.4) is 0 Å². The van der Waals surface area contributed by atoms with Gasteiger partial charge in [0.2, 0.25) is 11.7 Å². The van der Waals surface area contributed by atoms with Crippen LogP contribution in [0.25, 0.3) is 11.4 Å². The minimum absolute atomic E-state index is 0.179. The van der Waals surface area contributed by atoms with Crippen LogP contribution in [0.4, 0.5) is 0 Å². The predicted octanol–water partition coefficient (Wildman–Crippen LogP) is 3.78. The van der Waals surface area contributed by atoms with Gasteiger partial charge < -0.3 is 4.52 Å². The number of nitrogens with zero attached hydrogens (tertiary/aromatic N) is 2. The first kappa shape index (κ1) is 10.7. The lowest BCUT2D eigenvalue weighted by atomic mass is 10.2. The molecule has 0 saturated heterocycles. The molecule has 0 unspecified atom stereocenters. The molecule has 0 saturated carbocycles. The van der Waals surface area contributed by atoms with Gasteiger partial charge >= 0.3 is 0 Å². The second-order valence-corrected chi connectivity index (χ2v) is 3.88. The second-order valence-electron chi connectivity index (χ2n) is 2.77. The van der Waals surface area contributed by atoms with Gasteiger partial charge in [0, 0.05) is 10.6 Å². The van der Waals surface area contributed by atoms with Crippen molar-refractivity contribution in [3.05, 3.63) is 34.1 Å². The lowest BCUT2D eigenvalue weighted by Gasteiger charge is -1.98. The number of alkyl halides is 1. The van der Waals surface area contributed by atoms with Crippen LogP contribution in [-0.4, -0.2) is 10.1 Å². The summed E-state index contributed by atoms with van der Waals surface area (Å²) in [5.41, 5.74) is 0.668. The Balaban J connectivity index is 2.44. The van der Waals surface area contributed by atoms with Gasteiger partial charge in [-0.05, 0) is 18.2 Å². The van der Waals surface area contributed by atoms with Gasteiger partial charge in [-0.25, -0.2) is 0 Å². The van der Waals surface area contributed by atoms with E-state index in [0.29, 0.717) is 27.3 Å². The summed E-state index contributed by atoms with van der Waals surface area (Å²) in [5.74, 6) is 0.947. The molecule has 2 rings (SSSR count). The SMILES string of the molecule is ClCc1nc(-c2ccc(Cl)cc2Cl)no1. The van der Waals surface area contributed by atoms with Crippen LogP contribution in [-0.2, 0) is 5.88 Å². The Morgan fingerprint density at radius 3 is 2.67 bits per heavy atom. The molecule has 3 nitrogen and oxygen atoms in total. The molecule has 15 heavy (non-hydrogen) atoms. The predicted molar refractivity (Wildman–Crippen MR) is 59.3 cm³/mol. The van der Waals surface area contributed by atoms with Crippen molar-refractivity contribution >= 4 is 34.8 Å². The molecule has 0 amide bonds. The molecule has 0 N–H and O–H groups in total. The van der Waals surface area contributed by atoms with E-state index in [1.54, 1.807) is 18.2 Å². The first-order chi connectivity index (χ1) is 7.20. The number of benzene rings is 1. The Morgan fingerprint density at radius 2 is 2.07 bits per heavy atom. The number of halogens is 3. The summed E-state index contributed by atoms with van der Waals surface area (Å²) in [7, 11) is 0. The Morgan fingerprint density at radius 1 is 1.27 bits per heavy atom. The summed E-state index contributed by atoms with van der Waals surface area (Å²) in [6.45, 7) is 0. The van der Waals surface area contributed by atoms with E-state index in [-0.39, 0.29) is 5.88 Å². The Kier molecular flexibility index (Phi) is 3.14. The zero-order valence-electron chi connectivity index (χ0n) is 7.38. The molecule has 0 aliphatic rings. The van der Waals surface area contributed by atoms with E-state index >= 15 is 0 Å². The maximum atomic E-state index is 5.98. The minimum Gasteiger partial charge on any atom is -0.338 e. The van der Waals surface area contributed by atoms with Crippen molar-refractivity contribution in [2.75, 3.05) is 0 Å². The third-order valence-corrected chi connectivity index (χ3v) is 2.53. The van der Waals surface area contributed by atoms with Gasteiger partial charge in [0.1, 0.15) is 5.88 Å². The largest absolute Gasteiger partial charge is 0.338 e. The molecule has 78 valence electrons. The molecule has 0 radical (unpaired) electrons. The highest BCUT2D eigenvalue weighted by atomic mass is 35.5. The van der Waals surface area contributed by atoms with Crippen molar-refractivity contribution in [2.24, 2.45) is 0 Å². The highest BCUT2D eigenvalue weighted by Crippen LogP contribution is 2.28. The fourth-order valence-corrected chi connectivity index (χ4v) is 1.69. The Labute approximate surface area is 101 Å². The molecule has 0 fully saturated rings. The molecule has 0 spiro atoms. The van der Waals surface area contributed by atoms with Crippen molar-refractivity contribution in [3.63, 3.8) is 0 Å². The molecular formula is C9H5Cl3N2O. The molecular weight excluding hydrogens is 258 g/mol. The van der Waals surface area contributed by atoms with E-state index in [1.807, 2.05) is 0 Å². The molecule has 0 atom stereocenters. The maximum Gasteiger partial charge on any atom is 0.241 e. The van der Waals surface area contributed by atoms with Gasteiger partial charge in [-0.3, -0.25) is 0 Å². The molecule has 0 aliphatic carbocycles. The van der Waals surface area contributed by atoms with Crippen molar-refractivity contribution in [3.8, 4) is 11.4 Å². The Bertz CT molecular complexity index is 484. The quantitative estimate of drug-likeness (QED) is 0.774. The van der Waals surface area contributed by atoms with Crippen LogP contribution in [0.2, 0.25) is 10.0 Å². The summed E-state index contributed by atoms with van der Waals surface area (Å²) in [6, 6.07) is 5.06. The van der Waals surface area contributed by atoms with Gasteiger partial charge in [-0.2, -0.15) is 4.98 Å². The summed E-state index contributed by atoms with van der Waals surface area (Å²) in [5, 5.41) is 4.79. The summed E-state index contributed by atoms with van der Waals surface area (Å²) in [4.78, 5) is 4.05. The van der Waals surface area contributed by atoms with E-state index in [4.69, 9.17) is 39.3 Å². The lowest BCUT2D eigenvalue weighted by molar-refractivity contribution is 0.391. The topological polar surface area (TPSA) is 38.9 Å². The van der Waals surface area contributed by atoms with E-state index in [0.717, 1.165) is 0 Å². The Hall–Kier alpha value is -0.770. The van der Waals surface area contributed by atoms with E-state index in [1.165, 1.54) is 0 Å². The molecule has 1 heterocycles. The highest BCUT2D eigenvalue weighted by molar-refractivity contribution is 6.36. The number of hydrogen-bond acceptors (Lipinski definition) is 3. The van der Waals surface area contributed by atoms with E-state index < -0.39 is 0 Å². The van der Waals surface area contributed by atoms with Crippen molar-refractivity contribution < 1.29 is 4.52 Å². The molecule has 1 aromatic carbocycles. The van der Waals surface area contributed by atoms with Crippen LogP contribution in [0.15, 0.2) is 22.7 Å². The van der Waals surface area contributed by atoms with Gasteiger partial charge in [-0.15, -0.1) is 11.6 Å². The average molecular weight is 264 g/mol. The van der Waals surface area contributed by atoms with Crippen LogP contribution >= 0.6 is 34.8 Å². The molecule has 6 heteroatoms. The first-order valence-electron chi connectivity index (χ1n) is 4.04. The molecule has 0 bridgehead atoms. The lowest BCUT2D eigenvalue weighted by Crippen LogP contribution is -1.83.